The molecule has 0 aliphatic carbocycles. The average Bonchev–Trinajstić information content (AvgIpc) is 2.71. The van der Waals surface area contributed by atoms with Gasteiger partial charge in [0.15, 0.2) is 11.5 Å². The molecule has 2 aromatic carbocycles. The minimum atomic E-state index is -0.837. The molecule has 0 bridgehead atoms. The van der Waals surface area contributed by atoms with Crippen LogP contribution in [-0.4, -0.2) is 48.5 Å². The number of aromatic hydroxyl groups is 1. The standard InChI is InChI=1S/C23H30N2O5/c1-23(2,3)14-25-22(28)17-10-15(8-9-18(17)26)19(27)12-24-11-16-13-29-20-6-4-5-7-21(20)30-16/h4-10,16,19,24,26-27H,11-14H2,1-3H3,(H,25,28). The monoisotopic (exact) mass is 414 g/mol. The van der Waals surface area contributed by atoms with Crippen molar-refractivity contribution in [1.29, 1.82) is 0 Å². The number of aliphatic hydroxyl groups excluding tert-OH is 1. The number of amides is 1. The fraction of sp³-hybridized carbons (Fsp3) is 0.435. The molecule has 1 amide bonds. The van der Waals surface area contributed by atoms with Gasteiger partial charge in [-0.15, -0.1) is 0 Å². The van der Waals surface area contributed by atoms with E-state index in [1.807, 2.05) is 45.0 Å². The number of para-hydroxylation sites is 2. The van der Waals surface area contributed by atoms with Crippen LogP contribution in [-0.2, 0) is 0 Å². The van der Waals surface area contributed by atoms with Crippen LogP contribution < -0.4 is 20.1 Å². The highest BCUT2D eigenvalue weighted by Gasteiger charge is 2.21. The van der Waals surface area contributed by atoms with E-state index in [4.69, 9.17) is 9.47 Å². The Hall–Kier alpha value is -2.77. The third-order valence-corrected chi connectivity index (χ3v) is 4.71. The Morgan fingerprint density at radius 3 is 2.67 bits per heavy atom. The zero-order chi connectivity index (χ0) is 21.7. The number of ether oxygens (including phenoxy) is 2. The number of carbonyl (C=O) groups is 1. The van der Waals surface area contributed by atoms with Crippen molar-refractivity contribution in [3.8, 4) is 17.2 Å². The molecule has 2 unspecified atom stereocenters. The van der Waals surface area contributed by atoms with Crippen LogP contribution in [0.5, 0.6) is 17.2 Å². The highest BCUT2D eigenvalue weighted by molar-refractivity contribution is 5.97. The van der Waals surface area contributed by atoms with E-state index in [9.17, 15) is 15.0 Å². The first-order valence-electron chi connectivity index (χ1n) is 10.1. The van der Waals surface area contributed by atoms with Crippen molar-refractivity contribution in [3.05, 3.63) is 53.6 Å². The highest BCUT2D eigenvalue weighted by atomic mass is 16.6. The van der Waals surface area contributed by atoms with Crippen molar-refractivity contribution in [3.63, 3.8) is 0 Å². The molecule has 0 saturated carbocycles. The summed E-state index contributed by atoms with van der Waals surface area (Å²) in [6, 6.07) is 12.1. The Balaban J connectivity index is 1.53. The molecule has 0 saturated heterocycles. The number of phenolic OH excluding ortho intramolecular Hbond substituents is 1. The second-order valence-corrected chi connectivity index (χ2v) is 8.69. The van der Waals surface area contributed by atoms with Gasteiger partial charge in [0.2, 0.25) is 0 Å². The van der Waals surface area contributed by atoms with Crippen LogP contribution in [0.15, 0.2) is 42.5 Å². The van der Waals surface area contributed by atoms with E-state index in [0.717, 1.165) is 5.75 Å². The van der Waals surface area contributed by atoms with Crippen LogP contribution in [0.2, 0.25) is 0 Å². The summed E-state index contributed by atoms with van der Waals surface area (Å²) in [5.74, 6) is 0.961. The summed E-state index contributed by atoms with van der Waals surface area (Å²) in [4.78, 5) is 12.4. The lowest BCUT2D eigenvalue weighted by Gasteiger charge is -2.27. The predicted octanol–water partition coefficient (Wildman–Crippen LogP) is 2.63. The molecule has 1 aliphatic heterocycles. The molecule has 30 heavy (non-hydrogen) atoms. The van der Waals surface area contributed by atoms with Gasteiger partial charge in [-0.25, -0.2) is 0 Å². The van der Waals surface area contributed by atoms with Crippen LogP contribution >= 0.6 is 0 Å². The zero-order valence-corrected chi connectivity index (χ0v) is 17.6. The molecule has 0 radical (unpaired) electrons. The topological polar surface area (TPSA) is 100 Å². The summed E-state index contributed by atoms with van der Waals surface area (Å²) in [5.41, 5.74) is 0.626. The van der Waals surface area contributed by atoms with Gasteiger partial charge in [0.25, 0.3) is 5.91 Å². The lowest BCUT2D eigenvalue weighted by molar-refractivity contribution is 0.0858. The molecule has 3 rings (SSSR count). The zero-order valence-electron chi connectivity index (χ0n) is 17.6. The van der Waals surface area contributed by atoms with E-state index >= 15 is 0 Å². The first-order valence-corrected chi connectivity index (χ1v) is 10.1. The number of fused-ring (bicyclic) bond motifs is 1. The van der Waals surface area contributed by atoms with Crippen LogP contribution in [0.1, 0.15) is 42.8 Å². The molecule has 0 spiro atoms. The van der Waals surface area contributed by atoms with Crippen LogP contribution in [0.3, 0.4) is 0 Å². The Morgan fingerprint density at radius 2 is 1.93 bits per heavy atom. The van der Waals surface area contributed by atoms with Gasteiger partial charge in [-0.05, 0) is 35.2 Å². The van der Waals surface area contributed by atoms with Crippen LogP contribution in [0, 0.1) is 5.41 Å². The number of hydrogen-bond donors (Lipinski definition) is 4. The first-order chi connectivity index (χ1) is 14.2. The average molecular weight is 415 g/mol. The Labute approximate surface area is 177 Å². The van der Waals surface area contributed by atoms with Gasteiger partial charge in [0, 0.05) is 19.6 Å². The molecule has 7 nitrogen and oxygen atoms in total. The Bertz CT molecular complexity index is 878. The third-order valence-electron chi connectivity index (χ3n) is 4.71. The van der Waals surface area contributed by atoms with E-state index in [2.05, 4.69) is 10.6 Å². The van der Waals surface area contributed by atoms with Crippen LogP contribution in [0.25, 0.3) is 0 Å². The highest BCUT2D eigenvalue weighted by Crippen LogP contribution is 2.30. The quantitative estimate of drug-likeness (QED) is 0.556. The van der Waals surface area contributed by atoms with E-state index in [0.29, 0.717) is 31.0 Å². The maximum atomic E-state index is 12.4. The summed E-state index contributed by atoms with van der Waals surface area (Å²) in [6.45, 7) is 7.72. The van der Waals surface area contributed by atoms with Crippen molar-refractivity contribution in [2.75, 3.05) is 26.2 Å². The fourth-order valence-electron chi connectivity index (χ4n) is 3.05. The minimum Gasteiger partial charge on any atom is -0.507 e. The van der Waals surface area contributed by atoms with Gasteiger partial charge in [-0.2, -0.15) is 0 Å². The lowest BCUT2D eigenvalue weighted by atomic mass is 9.96. The number of rotatable bonds is 7. The smallest absolute Gasteiger partial charge is 0.255 e. The lowest BCUT2D eigenvalue weighted by Crippen LogP contribution is -2.39. The number of benzene rings is 2. The number of hydrogen-bond acceptors (Lipinski definition) is 6. The molecular weight excluding hydrogens is 384 g/mol. The summed E-state index contributed by atoms with van der Waals surface area (Å²) in [6.07, 6.45) is -0.998. The van der Waals surface area contributed by atoms with E-state index < -0.39 is 6.10 Å². The van der Waals surface area contributed by atoms with E-state index in [1.54, 1.807) is 6.07 Å². The summed E-state index contributed by atoms with van der Waals surface area (Å²) in [5, 5.41) is 26.6. The van der Waals surface area contributed by atoms with Crippen molar-refractivity contribution < 1.29 is 24.5 Å². The van der Waals surface area contributed by atoms with Gasteiger partial charge >= 0.3 is 0 Å². The second-order valence-electron chi connectivity index (χ2n) is 8.69. The van der Waals surface area contributed by atoms with E-state index in [1.165, 1.54) is 12.1 Å². The molecule has 1 aliphatic rings. The Kier molecular flexibility index (Phi) is 6.84. The van der Waals surface area contributed by atoms with Crippen molar-refractivity contribution >= 4 is 5.91 Å². The third kappa shape index (κ3) is 5.87. The molecule has 7 heteroatoms. The fourth-order valence-corrected chi connectivity index (χ4v) is 3.05. The normalized spacial score (nSPS) is 16.7. The molecule has 162 valence electrons. The molecule has 2 atom stereocenters. The molecule has 2 aromatic rings. The molecule has 4 N–H and O–H groups in total. The summed E-state index contributed by atoms with van der Waals surface area (Å²) < 4.78 is 11.6. The summed E-state index contributed by atoms with van der Waals surface area (Å²) >= 11 is 0. The molecule has 0 fully saturated rings. The van der Waals surface area contributed by atoms with Gasteiger partial charge in [0.05, 0.1) is 11.7 Å². The number of carbonyl (C=O) groups excluding carboxylic acids is 1. The molecule has 0 aromatic heterocycles. The molecule has 1 heterocycles. The van der Waals surface area contributed by atoms with Gasteiger partial charge < -0.3 is 30.3 Å². The first kappa shape index (κ1) is 21.9. The summed E-state index contributed by atoms with van der Waals surface area (Å²) in [7, 11) is 0. The van der Waals surface area contributed by atoms with Gasteiger partial charge in [-0.3, -0.25) is 4.79 Å². The van der Waals surface area contributed by atoms with Gasteiger partial charge in [0.1, 0.15) is 18.5 Å². The number of nitrogens with one attached hydrogen (secondary N) is 2. The number of aliphatic hydroxyl groups is 1. The second kappa shape index (κ2) is 9.36. The largest absolute Gasteiger partial charge is 0.507 e. The van der Waals surface area contributed by atoms with Crippen molar-refractivity contribution in [2.45, 2.75) is 33.0 Å². The van der Waals surface area contributed by atoms with E-state index in [-0.39, 0.29) is 35.3 Å². The van der Waals surface area contributed by atoms with Gasteiger partial charge in [-0.1, -0.05) is 39.0 Å². The Morgan fingerprint density at radius 1 is 1.20 bits per heavy atom. The van der Waals surface area contributed by atoms with Crippen molar-refractivity contribution in [1.82, 2.24) is 10.6 Å². The maximum absolute atomic E-state index is 12.4. The predicted molar refractivity (Wildman–Crippen MR) is 114 cm³/mol. The van der Waals surface area contributed by atoms with Crippen LogP contribution in [0.4, 0.5) is 0 Å². The minimum absolute atomic E-state index is 0.0717. The maximum Gasteiger partial charge on any atom is 0.255 e. The molecular formula is C23H30N2O5. The number of phenols is 1. The SMILES string of the molecule is CC(C)(C)CNC(=O)c1cc(C(O)CNCC2COc3ccccc3O2)ccc1O. The van der Waals surface area contributed by atoms with Crippen molar-refractivity contribution in [2.24, 2.45) is 5.41 Å².